The fourth-order valence-electron chi connectivity index (χ4n) is 1.87. The molecule has 0 saturated heterocycles. The van der Waals surface area contributed by atoms with Crippen LogP contribution >= 0.6 is 0 Å². The number of nitrogens with one attached hydrogen (secondary N) is 1. The van der Waals surface area contributed by atoms with Crippen molar-refractivity contribution < 1.29 is 0 Å². The van der Waals surface area contributed by atoms with Gasteiger partial charge in [-0.15, -0.1) is 6.58 Å². The van der Waals surface area contributed by atoms with Crippen molar-refractivity contribution in [3.05, 3.63) is 42.2 Å². The van der Waals surface area contributed by atoms with E-state index in [4.69, 9.17) is 0 Å². The van der Waals surface area contributed by atoms with E-state index < -0.39 is 0 Å². The third-order valence-electron chi connectivity index (χ3n) is 3.21. The van der Waals surface area contributed by atoms with E-state index in [9.17, 15) is 0 Å². The molecule has 2 rings (SSSR count). The molecule has 1 aliphatic carbocycles. The lowest BCUT2D eigenvalue weighted by Crippen LogP contribution is -2.19. The molecule has 1 heterocycles. The van der Waals surface area contributed by atoms with Crippen LogP contribution in [0.15, 0.2) is 31.0 Å². The van der Waals surface area contributed by atoms with Gasteiger partial charge >= 0.3 is 0 Å². The van der Waals surface area contributed by atoms with Gasteiger partial charge in [-0.2, -0.15) is 0 Å². The van der Waals surface area contributed by atoms with Crippen molar-refractivity contribution in [2.24, 2.45) is 0 Å². The van der Waals surface area contributed by atoms with Crippen molar-refractivity contribution >= 4 is 0 Å². The number of hydrogen-bond acceptors (Lipinski definition) is 3. The van der Waals surface area contributed by atoms with E-state index in [-0.39, 0.29) is 0 Å². The predicted molar refractivity (Wildman–Crippen MR) is 75.2 cm³/mol. The lowest BCUT2D eigenvalue weighted by Gasteiger charge is -2.15. The molecule has 0 aromatic carbocycles. The van der Waals surface area contributed by atoms with E-state index in [1.165, 1.54) is 18.4 Å². The van der Waals surface area contributed by atoms with Crippen molar-refractivity contribution in [3.8, 4) is 0 Å². The van der Waals surface area contributed by atoms with Crippen LogP contribution in [0.4, 0.5) is 0 Å². The van der Waals surface area contributed by atoms with Crippen LogP contribution in [0.5, 0.6) is 0 Å². The van der Waals surface area contributed by atoms with Gasteiger partial charge in [-0.05, 0) is 37.9 Å². The Balaban J connectivity index is 1.76. The molecule has 0 unspecified atom stereocenters. The number of rotatable bonds is 8. The maximum atomic E-state index is 4.52. The first-order valence-corrected chi connectivity index (χ1v) is 6.74. The van der Waals surface area contributed by atoms with E-state index in [1.807, 2.05) is 12.3 Å². The Labute approximate surface area is 110 Å². The van der Waals surface area contributed by atoms with Crippen molar-refractivity contribution in [3.63, 3.8) is 0 Å². The largest absolute Gasteiger partial charge is 0.310 e. The van der Waals surface area contributed by atoms with Gasteiger partial charge in [0.25, 0.3) is 0 Å². The Morgan fingerprint density at radius 3 is 2.94 bits per heavy atom. The molecule has 3 heteroatoms. The molecule has 0 bridgehead atoms. The highest BCUT2D eigenvalue weighted by Gasteiger charge is 2.19. The summed E-state index contributed by atoms with van der Waals surface area (Å²) in [5.41, 5.74) is 2.41. The van der Waals surface area contributed by atoms with E-state index in [0.717, 1.165) is 37.8 Å². The van der Waals surface area contributed by atoms with E-state index in [1.54, 1.807) is 0 Å². The van der Waals surface area contributed by atoms with E-state index in [0.29, 0.717) is 0 Å². The molecular formula is C15H23N3. The summed E-state index contributed by atoms with van der Waals surface area (Å²) in [6.07, 6.45) is 7.64. The van der Waals surface area contributed by atoms with Gasteiger partial charge in [0.05, 0.1) is 5.69 Å². The summed E-state index contributed by atoms with van der Waals surface area (Å²) < 4.78 is 0. The molecule has 0 aliphatic heterocycles. The number of pyridine rings is 1. The molecule has 0 spiro atoms. The minimum absolute atomic E-state index is 0.759. The molecule has 1 aliphatic rings. The second-order valence-corrected chi connectivity index (χ2v) is 5.13. The highest BCUT2D eigenvalue weighted by molar-refractivity contribution is 5.14. The lowest BCUT2D eigenvalue weighted by atomic mass is 10.2. The van der Waals surface area contributed by atoms with Crippen LogP contribution < -0.4 is 5.32 Å². The molecule has 18 heavy (non-hydrogen) atoms. The highest BCUT2D eigenvalue weighted by atomic mass is 15.1. The van der Waals surface area contributed by atoms with Gasteiger partial charge in [0.1, 0.15) is 0 Å². The number of aromatic nitrogens is 1. The van der Waals surface area contributed by atoms with Crippen molar-refractivity contribution in [1.29, 1.82) is 0 Å². The summed E-state index contributed by atoms with van der Waals surface area (Å²) in [6.45, 7) is 6.64. The molecule has 0 radical (unpaired) electrons. The van der Waals surface area contributed by atoms with Gasteiger partial charge in [-0.3, -0.25) is 4.98 Å². The first-order valence-electron chi connectivity index (χ1n) is 6.74. The number of nitrogens with zero attached hydrogens (tertiary/aromatic N) is 2. The van der Waals surface area contributed by atoms with Crippen molar-refractivity contribution in [2.45, 2.75) is 38.4 Å². The standard InChI is InChI=1S/C15H23N3/c1-3-4-9-18(2)12-15-6-5-13(11-17-15)10-16-14-7-8-14/h3,5-6,11,14,16H,1,4,7-10,12H2,2H3. The maximum absolute atomic E-state index is 4.52. The monoisotopic (exact) mass is 245 g/mol. The Hall–Kier alpha value is -1.19. The van der Waals surface area contributed by atoms with Crippen molar-refractivity contribution in [2.75, 3.05) is 13.6 Å². The van der Waals surface area contributed by atoms with Gasteiger partial charge in [-0.1, -0.05) is 12.1 Å². The number of hydrogen-bond donors (Lipinski definition) is 1. The smallest absolute Gasteiger partial charge is 0.0544 e. The first kappa shape index (κ1) is 13.2. The Bertz CT molecular complexity index is 368. The molecule has 0 atom stereocenters. The summed E-state index contributed by atoms with van der Waals surface area (Å²) >= 11 is 0. The average molecular weight is 245 g/mol. The van der Waals surface area contributed by atoms with Crippen LogP contribution in [-0.2, 0) is 13.1 Å². The van der Waals surface area contributed by atoms with Crippen LogP contribution in [-0.4, -0.2) is 29.5 Å². The lowest BCUT2D eigenvalue weighted by molar-refractivity contribution is 0.329. The molecule has 1 fully saturated rings. The normalized spacial score (nSPS) is 15.0. The summed E-state index contributed by atoms with van der Waals surface area (Å²) in [4.78, 5) is 6.79. The molecule has 1 aromatic rings. The molecular weight excluding hydrogens is 222 g/mol. The summed E-state index contributed by atoms with van der Waals surface area (Å²) in [5, 5.41) is 3.50. The van der Waals surface area contributed by atoms with Gasteiger partial charge in [-0.25, -0.2) is 0 Å². The molecule has 1 saturated carbocycles. The third kappa shape index (κ3) is 4.59. The van der Waals surface area contributed by atoms with E-state index >= 15 is 0 Å². The van der Waals surface area contributed by atoms with Crippen molar-refractivity contribution in [1.82, 2.24) is 15.2 Å². The molecule has 1 N–H and O–H groups in total. The average Bonchev–Trinajstić information content (AvgIpc) is 3.20. The minimum atomic E-state index is 0.759. The van der Waals surface area contributed by atoms with Crippen LogP contribution in [0.2, 0.25) is 0 Å². The summed E-state index contributed by atoms with van der Waals surface area (Å²) in [7, 11) is 2.12. The quantitative estimate of drug-likeness (QED) is 0.713. The third-order valence-corrected chi connectivity index (χ3v) is 3.21. The second-order valence-electron chi connectivity index (χ2n) is 5.13. The SMILES string of the molecule is C=CCCN(C)Cc1ccc(CNC2CC2)cn1. The Morgan fingerprint density at radius 1 is 1.50 bits per heavy atom. The second kappa shape index (κ2) is 6.66. The van der Waals surface area contributed by atoms with Crippen LogP contribution in [0.25, 0.3) is 0 Å². The van der Waals surface area contributed by atoms with Crippen LogP contribution in [0.1, 0.15) is 30.5 Å². The van der Waals surface area contributed by atoms with Crippen LogP contribution in [0.3, 0.4) is 0 Å². The fraction of sp³-hybridized carbons (Fsp3) is 0.533. The zero-order chi connectivity index (χ0) is 12.8. The summed E-state index contributed by atoms with van der Waals surface area (Å²) in [6, 6.07) is 5.07. The summed E-state index contributed by atoms with van der Waals surface area (Å²) in [5.74, 6) is 0. The fourth-order valence-corrected chi connectivity index (χ4v) is 1.87. The first-order chi connectivity index (χ1) is 8.78. The molecule has 0 amide bonds. The minimum Gasteiger partial charge on any atom is -0.310 e. The molecule has 3 nitrogen and oxygen atoms in total. The molecule has 1 aromatic heterocycles. The highest BCUT2D eigenvalue weighted by Crippen LogP contribution is 2.19. The molecule has 98 valence electrons. The Kier molecular flexibility index (Phi) is 4.90. The zero-order valence-corrected chi connectivity index (χ0v) is 11.2. The Morgan fingerprint density at radius 2 is 2.33 bits per heavy atom. The maximum Gasteiger partial charge on any atom is 0.0544 e. The van der Waals surface area contributed by atoms with Gasteiger partial charge in [0, 0.05) is 31.9 Å². The topological polar surface area (TPSA) is 28.2 Å². The van der Waals surface area contributed by atoms with Gasteiger partial charge < -0.3 is 10.2 Å². The van der Waals surface area contributed by atoms with E-state index in [2.05, 4.69) is 41.0 Å². The van der Waals surface area contributed by atoms with Crippen LogP contribution in [0, 0.1) is 0 Å². The van der Waals surface area contributed by atoms with Gasteiger partial charge in [0.15, 0.2) is 0 Å². The van der Waals surface area contributed by atoms with Gasteiger partial charge in [0.2, 0.25) is 0 Å². The zero-order valence-electron chi connectivity index (χ0n) is 11.2. The predicted octanol–water partition coefficient (Wildman–Crippen LogP) is 2.34.